The zero-order chi connectivity index (χ0) is 18.7. The molecule has 26 heavy (non-hydrogen) atoms. The van der Waals surface area contributed by atoms with Crippen LogP contribution in [0, 0.1) is 13.8 Å². The molecule has 0 aliphatic carbocycles. The molecule has 1 N–H and O–H groups in total. The molecule has 3 rings (SSSR count). The lowest BCUT2D eigenvalue weighted by molar-refractivity contribution is -0.113. The highest BCUT2D eigenvalue weighted by molar-refractivity contribution is 7.99. The number of thioether (sulfide) groups is 1. The summed E-state index contributed by atoms with van der Waals surface area (Å²) in [6.07, 6.45) is 0.834. The van der Waals surface area contributed by atoms with Gasteiger partial charge in [-0.05, 0) is 48.9 Å². The third-order valence-corrected chi connectivity index (χ3v) is 5.85. The minimum Gasteiger partial charge on any atom is -0.325 e. The second-order valence-corrected chi connectivity index (χ2v) is 8.00. The average Bonchev–Trinajstić information content (AvgIpc) is 3.08. The van der Waals surface area contributed by atoms with Crippen LogP contribution >= 0.6 is 23.1 Å². The van der Waals surface area contributed by atoms with Gasteiger partial charge in [0.2, 0.25) is 5.91 Å². The zero-order valence-corrected chi connectivity index (χ0v) is 16.7. The van der Waals surface area contributed by atoms with Crippen LogP contribution in [0.1, 0.15) is 24.5 Å². The number of hydrogen-bond donors (Lipinski definition) is 1. The van der Waals surface area contributed by atoms with Crippen molar-refractivity contribution >= 4 is 44.9 Å². The number of nitrogens with one attached hydrogen (secondary N) is 1. The first-order valence-electron chi connectivity index (χ1n) is 8.47. The molecule has 0 spiro atoms. The highest BCUT2D eigenvalue weighted by atomic mass is 32.2. The molecule has 0 radical (unpaired) electrons. The van der Waals surface area contributed by atoms with Crippen LogP contribution in [0.5, 0.6) is 0 Å². The van der Waals surface area contributed by atoms with E-state index in [0.717, 1.165) is 23.2 Å². The Kier molecular flexibility index (Phi) is 5.78. The molecule has 0 saturated carbocycles. The number of benzene rings is 1. The lowest BCUT2D eigenvalue weighted by Gasteiger charge is -2.12. The number of carbonyl (C=O) groups is 1. The number of fused-ring (bicyclic) bond motifs is 1. The molecule has 0 atom stereocenters. The maximum atomic E-state index is 12.6. The molecule has 0 aliphatic heterocycles. The molecule has 2 heterocycles. The van der Waals surface area contributed by atoms with Crippen molar-refractivity contribution in [1.82, 2.24) is 9.55 Å². The number of carbonyl (C=O) groups excluding carboxylic acids is 1. The van der Waals surface area contributed by atoms with E-state index in [2.05, 4.69) is 10.3 Å². The van der Waals surface area contributed by atoms with E-state index in [4.69, 9.17) is 0 Å². The number of anilines is 1. The van der Waals surface area contributed by atoms with E-state index in [1.165, 1.54) is 23.1 Å². The summed E-state index contributed by atoms with van der Waals surface area (Å²) < 4.78 is 2.34. The third kappa shape index (κ3) is 3.99. The van der Waals surface area contributed by atoms with Gasteiger partial charge in [-0.2, -0.15) is 0 Å². The molecule has 0 saturated heterocycles. The first-order valence-corrected chi connectivity index (χ1v) is 10.3. The molecule has 3 aromatic rings. The number of rotatable bonds is 6. The molecule has 7 heteroatoms. The predicted molar refractivity (Wildman–Crippen MR) is 109 cm³/mol. The summed E-state index contributed by atoms with van der Waals surface area (Å²) in [5.41, 5.74) is 3.62. The van der Waals surface area contributed by atoms with Gasteiger partial charge in [-0.15, -0.1) is 11.3 Å². The monoisotopic (exact) mass is 387 g/mol. The molecular formula is C19H21N3O2S2. The Morgan fingerprint density at radius 2 is 2.12 bits per heavy atom. The number of aryl methyl sites for hydroxylation is 2. The Hall–Kier alpha value is -2.12. The van der Waals surface area contributed by atoms with Crippen molar-refractivity contribution < 1.29 is 4.79 Å². The van der Waals surface area contributed by atoms with Crippen LogP contribution in [0.3, 0.4) is 0 Å². The van der Waals surface area contributed by atoms with E-state index in [1.807, 2.05) is 50.4 Å². The van der Waals surface area contributed by atoms with Crippen molar-refractivity contribution in [2.45, 2.75) is 38.9 Å². The second kappa shape index (κ2) is 8.05. The Labute approximate surface area is 160 Å². The number of nitrogens with zero attached hydrogens (tertiary/aromatic N) is 2. The summed E-state index contributed by atoms with van der Waals surface area (Å²) in [4.78, 5) is 29.6. The quantitative estimate of drug-likeness (QED) is 0.508. The fraction of sp³-hybridized carbons (Fsp3) is 0.316. The maximum Gasteiger partial charge on any atom is 0.272 e. The van der Waals surface area contributed by atoms with Crippen molar-refractivity contribution in [3.05, 3.63) is 51.1 Å². The largest absolute Gasteiger partial charge is 0.325 e. The van der Waals surface area contributed by atoms with E-state index in [9.17, 15) is 9.59 Å². The summed E-state index contributed by atoms with van der Waals surface area (Å²) in [6, 6.07) is 7.81. The fourth-order valence-electron chi connectivity index (χ4n) is 2.64. The van der Waals surface area contributed by atoms with Gasteiger partial charge in [0.1, 0.15) is 4.70 Å². The standard InChI is InChI=1S/C19H21N3O2S2/c1-4-8-22-18(24)17-14(7-9-25-17)21-19(22)26-11-16(23)20-15-10-12(2)5-6-13(15)3/h5-7,9-10H,4,8,11H2,1-3H3,(H,20,23). The molecule has 0 aliphatic rings. The van der Waals surface area contributed by atoms with Crippen molar-refractivity contribution in [2.75, 3.05) is 11.1 Å². The van der Waals surface area contributed by atoms with Gasteiger partial charge in [-0.3, -0.25) is 14.2 Å². The highest BCUT2D eigenvalue weighted by Crippen LogP contribution is 2.22. The first kappa shape index (κ1) is 18.7. The van der Waals surface area contributed by atoms with Gasteiger partial charge in [-0.1, -0.05) is 30.8 Å². The summed E-state index contributed by atoms with van der Waals surface area (Å²) in [7, 11) is 0. The van der Waals surface area contributed by atoms with Crippen LogP contribution in [0.2, 0.25) is 0 Å². The Balaban J connectivity index is 1.78. The second-order valence-electron chi connectivity index (χ2n) is 6.14. The summed E-state index contributed by atoms with van der Waals surface area (Å²) in [5.74, 6) is 0.102. The number of amides is 1. The van der Waals surface area contributed by atoms with Crippen LogP contribution in [-0.2, 0) is 11.3 Å². The minimum absolute atomic E-state index is 0.0238. The average molecular weight is 388 g/mol. The summed E-state index contributed by atoms with van der Waals surface area (Å²) >= 11 is 2.71. The van der Waals surface area contributed by atoms with E-state index >= 15 is 0 Å². The molecule has 1 amide bonds. The van der Waals surface area contributed by atoms with E-state index in [-0.39, 0.29) is 17.2 Å². The molecule has 0 bridgehead atoms. The third-order valence-electron chi connectivity index (χ3n) is 3.98. The lowest BCUT2D eigenvalue weighted by Crippen LogP contribution is -2.23. The lowest BCUT2D eigenvalue weighted by atomic mass is 10.1. The first-order chi connectivity index (χ1) is 12.5. The van der Waals surface area contributed by atoms with Crippen molar-refractivity contribution in [3.63, 3.8) is 0 Å². The number of thiophene rings is 1. The molecule has 136 valence electrons. The van der Waals surface area contributed by atoms with Gasteiger partial charge >= 0.3 is 0 Å². The summed E-state index contributed by atoms with van der Waals surface area (Å²) in [6.45, 7) is 6.58. The smallest absolute Gasteiger partial charge is 0.272 e. The highest BCUT2D eigenvalue weighted by Gasteiger charge is 2.14. The predicted octanol–water partition coefficient (Wildman–Crippen LogP) is 4.22. The van der Waals surface area contributed by atoms with Crippen LogP contribution in [0.25, 0.3) is 10.2 Å². The van der Waals surface area contributed by atoms with E-state index in [1.54, 1.807) is 4.57 Å². The number of aromatic nitrogens is 2. The molecule has 0 fully saturated rings. The van der Waals surface area contributed by atoms with Crippen LogP contribution in [0.4, 0.5) is 5.69 Å². The molecule has 5 nitrogen and oxygen atoms in total. The molecule has 1 aromatic carbocycles. The van der Waals surface area contributed by atoms with Gasteiger partial charge in [0, 0.05) is 12.2 Å². The Morgan fingerprint density at radius 3 is 2.88 bits per heavy atom. The zero-order valence-electron chi connectivity index (χ0n) is 15.0. The molecule has 2 aromatic heterocycles. The SMILES string of the molecule is CCCn1c(SCC(=O)Nc2cc(C)ccc2C)nc2ccsc2c1=O. The van der Waals surface area contributed by atoms with Crippen LogP contribution in [-0.4, -0.2) is 21.2 Å². The van der Waals surface area contributed by atoms with Gasteiger partial charge in [0.25, 0.3) is 5.56 Å². The normalized spacial score (nSPS) is 11.0. The van der Waals surface area contributed by atoms with E-state index in [0.29, 0.717) is 21.9 Å². The maximum absolute atomic E-state index is 12.6. The molecular weight excluding hydrogens is 366 g/mol. The van der Waals surface area contributed by atoms with Gasteiger partial charge in [0.05, 0.1) is 11.3 Å². The summed E-state index contributed by atoms with van der Waals surface area (Å²) in [5, 5.41) is 5.41. The topological polar surface area (TPSA) is 64.0 Å². The van der Waals surface area contributed by atoms with Gasteiger partial charge in [0.15, 0.2) is 5.16 Å². The van der Waals surface area contributed by atoms with Crippen LogP contribution in [0.15, 0.2) is 39.6 Å². The van der Waals surface area contributed by atoms with Crippen molar-refractivity contribution in [3.8, 4) is 0 Å². The van der Waals surface area contributed by atoms with Crippen LogP contribution < -0.4 is 10.9 Å². The fourth-order valence-corrected chi connectivity index (χ4v) is 4.25. The Bertz CT molecular complexity index is 1010. The van der Waals surface area contributed by atoms with Gasteiger partial charge < -0.3 is 5.32 Å². The van der Waals surface area contributed by atoms with Gasteiger partial charge in [-0.25, -0.2) is 4.98 Å². The number of hydrogen-bond acceptors (Lipinski definition) is 5. The molecule has 0 unspecified atom stereocenters. The Morgan fingerprint density at radius 1 is 1.31 bits per heavy atom. The van der Waals surface area contributed by atoms with Crippen molar-refractivity contribution in [2.24, 2.45) is 0 Å². The van der Waals surface area contributed by atoms with E-state index < -0.39 is 0 Å². The van der Waals surface area contributed by atoms with Crippen molar-refractivity contribution in [1.29, 1.82) is 0 Å². The minimum atomic E-state index is -0.105.